The van der Waals surface area contributed by atoms with Gasteiger partial charge in [-0.1, -0.05) is 25.2 Å². The van der Waals surface area contributed by atoms with E-state index in [0.717, 1.165) is 29.9 Å². The Bertz CT molecular complexity index is 657. The van der Waals surface area contributed by atoms with Crippen LogP contribution < -0.4 is 14.4 Å². The summed E-state index contributed by atoms with van der Waals surface area (Å²) in [5, 5.41) is 0.708. The van der Waals surface area contributed by atoms with Crippen molar-refractivity contribution in [3.8, 4) is 11.5 Å². The highest BCUT2D eigenvalue weighted by Crippen LogP contribution is 2.37. The first-order valence-corrected chi connectivity index (χ1v) is 8.88. The summed E-state index contributed by atoms with van der Waals surface area (Å²) in [6.07, 6.45) is 0. The number of aromatic nitrogens is 1. The largest absolute Gasteiger partial charge is 0.493 e. The number of rotatable bonds is 8. The molecule has 0 spiro atoms. The van der Waals surface area contributed by atoms with Gasteiger partial charge in [0.15, 0.2) is 16.6 Å². The summed E-state index contributed by atoms with van der Waals surface area (Å²) in [4.78, 5) is 20.7. The number of amides is 1. The number of carbonyl (C=O) groups excluding carboxylic acids is 1. The minimum absolute atomic E-state index is 0.000132. The van der Waals surface area contributed by atoms with Crippen molar-refractivity contribution in [3.05, 3.63) is 12.1 Å². The summed E-state index contributed by atoms with van der Waals surface area (Å²) < 4.78 is 11.6. The molecule has 0 saturated carbocycles. The first-order chi connectivity index (χ1) is 11.5. The van der Waals surface area contributed by atoms with Crippen LogP contribution in [-0.2, 0) is 4.79 Å². The molecule has 0 saturated heterocycles. The average molecular weight is 351 g/mol. The van der Waals surface area contributed by atoms with E-state index < -0.39 is 0 Å². The maximum absolute atomic E-state index is 12.1. The molecule has 7 heteroatoms. The third kappa shape index (κ3) is 3.96. The second-order valence-corrected chi connectivity index (χ2v) is 6.38. The summed E-state index contributed by atoms with van der Waals surface area (Å²) in [6, 6.07) is 3.74. The summed E-state index contributed by atoms with van der Waals surface area (Å²) in [6.45, 7) is 9.22. The third-order valence-electron chi connectivity index (χ3n) is 4.03. The Hall–Kier alpha value is -1.86. The zero-order valence-electron chi connectivity index (χ0n) is 15.0. The molecule has 2 rings (SSSR count). The van der Waals surface area contributed by atoms with Crippen LogP contribution in [0.15, 0.2) is 12.1 Å². The lowest BCUT2D eigenvalue weighted by molar-refractivity contribution is -0.116. The van der Waals surface area contributed by atoms with E-state index in [4.69, 9.17) is 9.47 Å². The van der Waals surface area contributed by atoms with E-state index in [1.54, 1.807) is 26.0 Å². The van der Waals surface area contributed by atoms with Gasteiger partial charge in [0.25, 0.3) is 0 Å². The lowest BCUT2D eigenvalue weighted by Crippen LogP contribution is -2.37. The van der Waals surface area contributed by atoms with Crippen molar-refractivity contribution in [1.82, 2.24) is 9.88 Å². The predicted octanol–water partition coefficient (Wildman–Crippen LogP) is 3.01. The molecule has 0 unspecified atom stereocenters. The number of likely N-dealkylation sites (N-methyl/N-ethyl adjacent to an activating group) is 1. The molecule has 6 nitrogen and oxygen atoms in total. The van der Waals surface area contributed by atoms with Gasteiger partial charge in [0, 0.05) is 32.1 Å². The lowest BCUT2D eigenvalue weighted by atomic mass is 10.3. The van der Waals surface area contributed by atoms with Gasteiger partial charge >= 0.3 is 0 Å². The van der Waals surface area contributed by atoms with Crippen molar-refractivity contribution in [3.63, 3.8) is 0 Å². The molecular weight excluding hydrogens is 326 g/mol. The molecule has 1 amide bonds. The van der Waals surface area contributed by atoms with Gasteiger partial charge in [-0.25, -0.2) is 4.98 Å². The van der Waals surface area contributed by atoms with Crippen molar-refractivity contribution in [2.75, 3.05) is 45.3 Å². The SMILES string of the molecule is CCN(CC)CCN(C(C)=O)c1nc2cc(OC)c(OC)cc2s1. The number of thiazole rings is 1. The van der Waals surface area contributed by atoms with Crippen LogP contribution in [0.3, 0.4) is 0 Å². The van der Waals surface area contributed by atoms with Crippen molar-refractivity contribution < 1.29 is 14.3 Å². The minimum Gasteiger partial charge on any atom is -0.493 e. The average Bonchev–Trinajstić information content (AvgIpc) is 2.99. The summed E-state index contributed by atoms with van der Waals surface area (Å²) in [5.41, 5.74) is 0.807. The number of anilines is 1. The molecule has 1 aromatic carbocycles. The van der Waals surface area contributed by atoms with E-state index >= 15 is 0 Å². The Morgan fingerprint density at radius 1 is 1.12 bits per heavy atom. The van der Waals surface area contributed by atoms with Crippen LogP contribution in [0, 0.1) is 0 Å². The van der Waals surface area contributed by atoms with Gasteiger partial charge < -0.3 is 14.4 Å². The van der Waals surface area contributed by atoms with Crippen LogP contribution in [0.4, 0.5) is 5.13 Å². The summed E-state index contributed by atoms with van der Waals surface area (Å²) in [7, 11) is 3.21. The molecule has 0 radical (unpaired) electrons. The molecule has 0 fully saturated rings. The fourth-order valence-electron chi connectivity index (χ4n) is 2.53. The zero-order valence-corrected chi connectivity index (χ0v) is 15.8. The predicted molar refractivity (Wildman–Crippen MR) is 98.5 cm³/mol. The van der Waals surface area contributed by atoms with Gasteiger partial charge in [0.1, 0.15) is 0 Å². The van der Waals surface area contributed by atoms with Crippen LogP contribution >= 0.6 is 11.3 Å². The second kappa shape index (κ2) is 8.30. The van der Waals surface area contributed by atoms with Gasteiger partial charge in [-0.15, -0.1) is 0 Å². The van der Waals surface area contributed by atoms with Crippen LogP contribution in [0.1, 0.15) is 20.8 Å². The number of methoxy groups -OCH3 is 2. The molecule has 1 aromatic heterocycles. The molecule has 0 atom stereocenters. The molecule has 0 aliphatic rings. The van der Waals surface area contributed by atoms with Crippen LogP contribution in [0.2, 0.25) is 0 Å². The highest BCUT2D eigenvalue weighted by Gasteiger charge is 2.18. The quantitative estimate of drug-likeness (QED) is 0.732. The minimum atomic E-state index is 0.000132. The first-order valence-electron chi connectivity index (χ1n) is 8.07. The van der Waals surface area contributed by atoms with Crippen LogP contribution in [-0.4, -0.2) is 56.2 Å². The molecule has 0 bridgehead atoms. The normalized spacial score (nSPS) is 11.1. The van der Waals surface area contributed by atoms with Gasteiger partial charge in [0.05, 0.1) is 24.4 Å². The smallest absolute Gasteiger partial charge is 0.225 e. The molecule has 0 aliphatic heterocycles. The van der Waals surface area contributed by atoms with Crippen molar-refractivity contribution in [2.45, 2.75) is 20.8 Å². The highest BCUT2D eigenvalue weighted by atomic mass is 32.1. The standard InChI is InChI=1S/C17H25N3O3S/c1-6-19(7-2)8-9-20(12(3)21)17-18-13-10-14(22-4)15(23-5)11-16(13)24-17/h10-11H,6-9H2,1-5H3. The van der Waals surface area contributed by atoms with E-state index in [9.17, 15) is 4.79 Å². The van der Waals surface area contributed by atoms with Gasteiger partial charge in [-0.3, -0.25) is 9.69 Å². The van der Waals surface area contributed by atoms with Crippen LogP contribution in [0.5, 0.6) is 11.5 Å². The van der Waals surface area contributed by atoms with E-state index in [2.05, 4.69) is 23.7 Å². The van der Waals surface area contributed by atoms with Gasteiger partial charge in [-0.2, -0.15) is 0 Å². The Kier molecular flexibility index (Phi) is 6.39. The van der Waals surface area contributed by atoms with Crippen LogP contribution in [0.25, 0.3) is 10.2 Å². The van der Waals surface area contributed by atoms with E-state index in [0.29, 0.717) is 23.2 Å². The Morgan fingerprint density at radius 2 is 1.75 bits per heavy atom. The lowest BCUT2D eigenvalue weighted by Gasteiger charge is -2.23. The Labute approximate surface area is 147 Å². The molecule has 132 valence electrons. The van der Waals surface area contributed by atoms with Crippen molar-refractivity contribution in [2.24, 2.45) is 0 Å². The maximum atomic E-state index is 12.1. The molecule has 0 aliphatic carbocycles. The molecule has 1 heterocycles. The summed E-state index contributed by atoms with van der Waals surface area (Å²) in [5.74, 6) is 1.30. The van der Waals surface area contributed by atoms with Crippen molar-refractivity contribution in [1.29, 1.82) is 0 Å². The highest BCUT2D eigenvalue weighted by molar-refractivity contribution is 7.22. The topological polar surface area (TPSA) is 54.9 Å². The molecule has 2 aromatic rings. The number of nitrogens with zero attached hydrogens (tertiary/aromatic N) is 3. The van der Waals surface area contributed by atoms with E-state index in [1.165, 1.54) is 11.3 Å². The van der Waals surface area contributed by atoms with Crippen molar-refractivity contribution >= 4 is 32.6 Å². The molecular formula is C17H25N3O3S. The van der Waals surface area contributed by atoms with Gasteiger partial charge in [-0.05, 0) is 13.1 Å². The number of fused-ring (bicyclic) bond motifs is 1. The zero-order chi connectivity index (χ0) is 17.7. The Morgan fingerprint density at radius 3 is 2.29 bits per heavy atom. The number of ether oxygens (including phenoxy) is 2. The summed E-state index contributed by atoms with van der Waals surface area (Å²) >= 11 is 1.49. The number of hydrogen-bond donors (Lipinski definition) is 0. The maximum Gasteiger partial charge on any atom is 0.225 e. The Balaban J connectivity index is 2.31. The number of hydrogen-bond acceptors (Lipinski definition) is 6. The van der Waals surface area contributed by atoms with Gasteiger partial charge in [0.2, 0.25) is 5.91 Å². The third-order valence-corrected chi connectivity index (χ3v) is 5.07. The second-order valence-electron chi connectivity index (χ2n) is 5.37. The monoisotopic (exact) mass is 351 g/mol. The fraction of sp³-hybridized carbons (Fsp3) is 0.529. The first kappa shape index (κ1) is 18.5. The number of benzene rings is 1. The fourth-order valence-corrected chi connectivity index (χ4v) is 3.57. The van der Waals surface area contributed by atoms with E-state index in [1.807, 2.05) is 12.1 Å². The number of carbonyl (C=O) groups is 1. The van der Waals surface area contributed by atoms with E-state index in [-0.39, 0.29) is 5.91 Å². The molecule has 0 N–H and O–H groups in total. The molecule has 24 heavy (non-hydrogen) atoms.